The molecule has 0 aliphatic carbocycles. The zero-order valence-corrected chi connectivity index (χ0v) is 14.6. The van der Waals surface area contributed by atoms with E-state index >= 15 is 0 Å². The number of hydrogen-bond acceptors (Lipinski definition) is 8. The van der Waals surface area contributed by atoms with E-state index in [4.69, 9.17) is 9.26 Å². The maximum Gasteiger partial charge on any atom is 0.252 e. The van der Waals surface area contributed by atoms with Crippen molar-refractivity contribution in [3.05, 3.63) is 60.4 Å². The van der Waals surface area contributed by atoms with Gasteiger partial charge in [-0.15, -0.1) is 0 Å². The summed E-state index contributed by atoms with van der Waals surface area (Å²) in [7, 11) is 0. The Balaban J connectivity index is 1.43. The number of morpholine rings is 1. The van der Waals surface area contributed by atoms with E-state index in [1.54, 1.807) is 42.9 Å². The number of nitrogens with zero attached hydrogens (tertiary/aromatic N) is 4. The number of amides is 2. The molecule has 2 N–H and O–H groups in total. The van der Waals surface area contributed by atoms with Gasteiger partial charge in [-0.3, -0.25) is 19.6 Å². The van der Waals surface area contributed by atoms with E-state index in [1.807, 2.05) is 6.07 Å². The molecule has 2 atom stereocenters. The van der Waals surface area contributed by atoms with Crippen LogP contribution in [0.2, 0.25) is 0 Å². The third kappa shape index (κ3) is 3.86. The molecule has 10 heteroatoms. The third-order valence-electron chi connectivity index (χ3n) is 4.09. The number of rotatable bonds is 5. The Morgan fingerprint density at radius 3 is 2.96 bits per heavy atom. The Morgan fingerprint density at radius 1 is 1.25 bits per heavy atom. The van der Waals surface area contributed by atoms with Crippen molar-refractivity contribution in [1.29, 1.82) is 0 Å². The lowest BCUT2D eigenvalue weighted by molar-refractivity contribution is -0.148. The second-order valence-corrected chi connectivity index (χ2v) is 6.01. The van der Waals surface area contributed by atoms with Crippen molar-refractivity contribution in [3.63, 3.8) is 0 Å². The van der Waals surface area contributed by atoms with Crippen LogP contribution in [-0.4, -0.2) is 44.6 Å². The summed E-state index contributed by atoms with van der Waals surface area (Å²) in [5.41, 5.74) is 1.24. The predicted octanol–water partition coefficient (Wildman–Crippen LogP) is 0.399. The Labute approximate surface area is 159 Å². The quantitative estimate of drug-likeness (QED) is 0.650. The molecule has 0 radical (unpaired) electrons. The average molecular weight is 380 g/mol. The summed E-state index contributed by atoms with van der Waals surface area (Å²) < 4.78 is 10.6. The Kier molecular flexibility index (Phi) is 5.02. The number of nitrogens with one attached hydrogen (secondary N) is 2. The molecule has 1 aliphatic heterocycles. The van der Waals surface area contributed by atoms with E-state index in [0.29, 0.717) is 17.1 Å². The van der Waals surface area contributed by atoms with E-state index < -0.39 is 18.1 Å². The largest absolute Gasteiger partial charge is 0.356 e. The minimum absolute atomic E-state index is 0.0201. The Morgan fingerprint density at radius 2 is 2.18 bits per heavy atom. The van der Waals surface area contributed by atoms with E-state index in [9.17, 15) is 9.59 Å². The molecule has 2 amide bonds. The monoisotopic (exact) mass is 380 g/mol. The number of ether oxygens (including phenoxy) is 1. The molecule has 142 valence electrons. The average Bonchev–Trinajstić information content (AvgIpc) is 3.22. The fraction of sp³-hybridized carbons (Fsp3) is 0.222. The van der Waals surface area contributed by atoms with Crippen molar-refractivity contribution in [2.45, 2.75) is 18.7 Å². The lowest BCUT2D eigenvalue weighted by atomic mass is 10.0. The fourth-order valence-corrected chi connectivity index (χ4v) is 2.79. The molecule has 0 aromatic carbocycles. The maximum atomic E-state index is 12.6. The Bertz CT molecular complexity index is 962. The molecular formula is C18H16N6O4. The van der Waals surface area contributed by atoms with Gasteiger partial charge in [0.05, 0.1) is 12.6 Å². The van der Waals surface area contributed by atoms with Crippen molar-refractivity contribution in [3.8, 4) is 11.5 Å². The molecule has 0 spiro atoms. The lowest BCUT2D eigenvalue weighted by Crippen LogP contribution is -2.52. The van der Waals surface area contributed by atoms with Crippen molar-refractivity contribution < 1.29 is 18.8 Å². The Hall–Kier alpha value is -3.66. The van der Waals surface area contributed by atoms with Gasteiger partial charge >= 0.3 is 0 Å². The first-order valence-electron chi connectivity index (χ1n) is 8.53. The second-order valence-electron chi connectivity index (χ2n) is 6.01. The first kappa shape index (κ1) is 17.7. The van der Waals surface area contributed by atoms with Crippen LogP contribution < -0.4 is 10.6 Å². The smallest absolute Gasteiger partial charge is 0.252 e. The highest BCUT2D eigenvalue weighted by atomic mass is 16.5. The summed E-state index contributed by atoms with van der Waals surface area (Å²) in [5.74, 6) is -0.146. The van der Waals surface area contributed by atoms with Crippen molar-refractivity contribution in [2.24, 2.45) is 0 Å². The number of aromatic nitrogens is 4. The third-order valence-corrected chi connectivity index (χ3v) is 4.09. The molecule has 1 aliphatic rings. The highest BCUT2D eigenvalue weighted by Crippen LogP contribution is 2.22. The van der Waals surface area contributed by atoms with Gasteiger partial charge in [0.1, 0.15) is 12.3 Å². The van der Waals surface area contributed by atoms with Gasteiger partial charge in [-0.2, -0.15) is 4.98 Å². The zero-order chi connectivity index (χ0) is 19.3. The van der Waals surface area contributed by atoms with Gasteiger partial charge < -0.3 is 19.9 Å². The molecule has 0 bridgehead atoms. The van der Waals surface area contributed by atoms with Crippen LogP contribution in [0.4, 0.5) is 0 Å². The molecule has 1 saturated heterocycles. The van der Waals surface area contributed by atoms with Crippen LogP contribution >= 0.6 is 0 Å². The van der Waals surface area contributed by atoms with Crippen LogP contribution in [0.15, 0.2) is 53.4 Å². The minimum atomic E-state index is -0.903. The van der Waals surface area contributed by atoms with Gasteiger partial charge in [0.2, 0.25) is 17.6 Å². The van der Waals surface area contributed by atoms with Gasteiger partial charge in [0, 0.05) is 18.6 Å². The molecule has 4 rings (SSSR count). The van der Waals surface area contributed by atoms with Crippen molar-refractivity contribution in [2.75, 3.05) is 6.61 Å². The lowest BCUT2D eigenvalue weighted by Gasteiger charge is -2.31. The summed E-state index contributed by atoms with van der Waals surface area (Å²) in [4.78, 5) is 36.7. The standard InChI is InChI=1S/C18H16N6O4/c25-13-10-27-16(15(22-13)11-4-3-6-19-8-11)18(26)21-9-14-23-17(24-28-14)12-5-1-2-7-20-12/h1-8,15-16H,9-10H2,(H,21,26)(H,22,25). The first-order valence-corrected chi connectivity index (χ1v) is 8.53. The molecule has 3 aromatic rings. The second kappa shape index (κ2) is 7.92. The summed E-state index contributed by atoms with van der Waals surface area (Å²) in [6.45, 7) is -0.175. The number of carbonyl (C=O) groups is 2. The fourth-order valence-electron chi connectivity index (χ4n) is 2.79. The minimum Gasteiger partial charge on any atom is -0.356 e. The van der Waals surface area contributed by atoms with Gasteiger partial charge in [-0.1, -0.05) is 17.3 Å². The van der Waals surface area contributed by atoms with E-state index in [2.05, 4.69) is 30.7 Å². The van der Waals surface area contributed by atoms with Gasteiger partial charge in [-0.25, -0.2) is 0 Å². The molecule has 10 nitrogen and oxygen atoms in total. The number of carbonyl (C=O) groups excluding carboxylic acids is 2. The molecule has 2 unspecified atom stereocenters. The molecule has 4 heterocycles. The van der Waals surface area contributed by atoms with Crippen molar-refractivity contribution in [1.82, 2.24) is 30.7 Å². The van der Waals surface area contributed by atoms with Crippen molar-refractivity contribution >= 4 is 11.8 Å². The molecular weight excluding hydrogens is 364 g/mol. The van der Waals surface area contributed by atoms with Crippen LogP contribution in [-0.2, 0) is 20.9 Å². The van der Waals surface area contributed by atoms with Crippen LogP contribution in [0.3, 0.4) is 0 Å². The maximum absolute atomic E-state index is 12.6. The molecule has 28 heavy (non-hydrogen) atoms. The summed E-state index contributed by atoms with van der Waals surface area (Å²) in [5, 5.41) is 9.31. The topological polar surface area (TPSA) is 132 Å². The van der Waals surface area contributed by atoms with E-state index in [-0.39, 0.29) is 24.9 Å². The van der Waals surface area contributed by atoms with E-state index in [0.717, 1.165) is 0 Å². The normalized spacial score (nSPS) is 19.1. The number of hydrogen-bond donors (Lipinski definition) is 2. The van der Waals surface area contributed by atoms with Crippen LogP contribution in [0.1, 0.15) is 17.5 Å². The van der Waals surface area contributed by atoms with Gasteiger partial charge in [0.25, 0.3) is 5.91 Å². The van der Waals surface area contributed by atoms with E-state index in [1.165, 1.54) is 0 Å². The summed E-state index contributed by atoms with van der Waals surface area (Å²) in [6.07, 6.45) is 3.91. The summed E-state index contributed by atoms with van der Waals surface area (Å²) in [6, 6.07) is 8.21. The SMILES string of the molecule is O=C1COC(C(=O)NCc2nc(-c3ccccn3)no2)C(c2cccnc2)N1. The first-order chi connectivity index (χ1) is 13.7. The van der Waals surface area contributed by atoms with Crippen LogP contribution in [0.25, 0.3) is 11.5 Å². The van der Waals surface area contributed by atoms with Gasteiger partial charge in [0.15, 0.2) is 6.10 Å². The highest BCUT2D eigenvalue weighted by Gasteiger charge is 2.36. The molecule has 3 aromatic heterocycles. The zero-order valence-electron chi connectivity index (χ0n) is 14.6. The predicted molar refractivity (Wildman–Crippen MR) is 94.2 cm³/mol. The summed E-state index contributed by atoms with van der Waals surface area (Å²) >= 11 is 0. The van der Waals surface area contributed by atoms with Crippen LogP contribution in [0, 0.1) is 0 Å². The molecule has 1 fully saturated rings. The van der Waals surface area contributed by atoms with Crippen LogP contribution in [0.5, 0.6) is 0 Å². The number of pyridine rings is 2. The highest BCUT2D eigenvalue weighted by molar-refractivity contribution is 5.86. The van der Waals surface area contributed by atoms with Gasteiger partial charge in [-0.05, 0) is 23.8 Å². The molecule has 0 saturated carbocycles.